The Morgan fingerprint density at radius 1 is 1.22 bits per heavy atom. The Balaban J connectivity index is 1.34. The highest BCUT2D eigenvalue weighted by molar-refractivity contribution is 5.95. The number of hydrogen-bond donors (Lipinski definition) is 1. The molecule has 0 bridgehead atoms. The maximum absolute atomic E-state index is 12.8. The summed E-state index contributed by atoms with van der Waals surface area (Å²) in [7, 11) is 5.94. The molecule has 0 aliphatic carbocycles. The molecule has 37 heavy (non-hydrogen) atoms. The first-order valence-electron chi connectivity index (χ1n) is 11.8. The maximum Gasteiger partial charge on any atom is 0.269 e. The Labute approximate surface area is 214 Å². The zero-order valence-electron chi connectivity index (χ0n) is 21.1. The van der Waals surface area contributed by atoms with Gasteiger partial charge in [-0.2, -0.15) is 4.98 Å². The lowest BCUT2D eigenvalue weighted by molar-refractivity contribution is 0.0450. The van der Waals surface area contributed by atoms with Crippen molar-refractivity contribution < 1.29 is 9.53 Å². The van der Waals surface area contributed by atoms with Crippen molar-refractivity contribution in [2.75, 3.05) is 39.0 Å². The molecule has 4 aromatic rings. The van der Waals surface area contributed by atoms with Crippen LogP contribution < -0.4 is 10.1 Å². The van der Waals surface area contributed by atoms with E-state index in [2.05, 4.69) is 35.0 Å². The van der Waals surface area contributed by atoms with Crippen LogP contribution in [0.3, 0.4) is 0 Å². The van der Waals surface area contributed by atoms with Crippen LogP contribution in [0, 0.1) is 19.4 Å². The quantitative estimate of drug-likeness (QED) is 0.385. The molecule has 1 amide bonds. The number of fused-ring (bicyclic) bond motifs is 1. The van der Waals surface area contributed by atoms with Crippen molar-refractivity contribution in [2.45, 2.75) is 6.92 Å². The van der Waals surface area contributed by atoms with Gasteiger partial charge in [-0.15, -0.1) is 4.98 Å². The molecule has 11 nitrogen and oxygen atoms in total. The molecule has 1 N–H and O–H groups in total. The van der Waals surface area contributed by atoms with Crippen LogP contribution in [-0.4, -0.2) is 73.9 Å². The number of carbonyl (C=O) groups is 1. The molecule has 0 saturated carbocycles. The molecule has 0 spiro atoms. The second-order valence-electron chi connectivity index (χ2n) is 9.45. The monoisotopic (exact) mass is 497 g/mol. The Bertz CT molecular complexity index is 1500. The molecule has 188 valence electrons. The van der Waals surface area contributed by atoms with Crippen LogP contribution in [0.5, 0.6) is 11.6 Å². The molecule has 1 fully saturated rings. The maximum atomic E-state index is 12.8. The topological polar surface area (TPSA) is 106 Å². The number of pyridine rings is 3. The third-order valence-electron chi connectivity index (χ3n) is 6.16. The molecule has 4 aromatic heterocycles. The molecule has 0 radical (unpaired) electrons. The predicted octanol–water partition coefficient (Wildman–Crippen LogP) is 3.79. The number of hydrogen-bond acceptors (Lipinski definition) is 8. The normalized spacial score (nSPS) is 13.5. The second kappa shape index (κ2) is 9.83. The molecule has 5 rings (SSSR count). The number of imidazole rings is 1. The van der Waals surface area contributed by atoms with Crippen LogP contribution >= 0.6 is 0 Å². The van der Waals surface area contributed by atoms with Gasteiger partial charge in [-0.3, -0.25) is 4.79 Å². The smallest absolute Gasteiger partial charge is 0.269 e. The van der Waals surface area contributed by atoms with Crippen molar-refractivity contribution in [3.05, 3.63) is 65.5 Å². The molecular weight excluding hydrogens is 470 g/mol. The number of aryl methyl sites for hydroxylation is 2. The van der Waals surface area contributed by atoms with Gasteiger partial charge in [0, 0.05) is 44.9 Å². The lowest BCUT2D eigenvalue weighted by Crippen LogP contribution is -2.53. The van der Waals surface area contributed by atoms with Crippen molar-refractivity contribution in [1.82, 2.24) is 34.3 Å². The summed E-state index contributed by atoms with van der Waals surface area (Å²) in [5, 5.41) is 3.28. The minimum Gasteiger partial charge on any atom is -0.435 e. The van der Waals surface area contributed by atoms with Crippen LogP contribution in [0.4, 0.5) is 17.3 Å². The van der Waals surface area contributed by atoms with E-state index in [0.717, 1.165) is 25.2 Å². The van der Waals surface area contributed by atoms with Gasteiger partial charge < -0.3 is 29.3 Å². The van der Waals surface area contributed by atoms with Gasteiger partial charge >= 0.3 is 0 Å². The summed E-state index contributed by atoms with van der Waals surface area (Å²) in [5.41, 5.74) is 3.27. The first-order chi connectivity index (χ1) is 17.8. The van der Waals surface area contributed by atoms with E-state index in [1.807, 2.05) is 33.0 Å². The van der Waals surface area contributed by atoms with Gasteiger partial charge in [0.1, 0.15) is 11.3 Å². The van der Waals surface area contributed by atoms with Crippen LogP contribution in [0.25, 0.3) is 16.0 Å². The average molecular weight is 498 g/mol. The van der Waals surface area contributed by atoms with Gasteiger partial charge in [-0.1, -0.05) is 6.57 Å². The Kier molecular flexibility index (Phi) is 6.42. The van der Waals surface area contributed by atoms with E-state index in [1.54, 1.807) is 41.4 Å². The molecule has 0 atom stereocenters. The predicted molar refractivity (Wildman–Crippen MR) is 139 cm³/mol. The van der Waals surface area contributed by atoms with E-state index in [-0.39, 0.29) is 5.91 Å². The molecule has 1 aliphatic heterocycles. The number of anilines is 2. The van der Waals surface area contributed by atoms with E-state index in [1.165, 1.54) is 6.20 Å². The Morgan fingerprint density at radius 2 is 2.03 bits per heavy atom. The number of aromatic nitrogens is 5. The highest BCUT2D eigenvalue weighted by atomic mass is 16.5. The van der Waals surface area contributed by atoms with Crippen LogP contribution in [0.15, 0.2) is 43.0 Å². The van der Waals surface area contributed by atoms with Crippen molar-refractivity contribution in [3.63, 3.8) is 0 Å². The zero-order valence-corrected chi connectivity index (χ0v) is 21.1. The van der Waals surface area contributed by atoms with Gasteiger partial charge in [0.25, 0.3) is 11.7 Å². The highest BCUT2D eigenvalue weighted by Crippen LogP contribution is 2.32. The summed E-state index contributed by atoms with van der Waals surface area (Å²) in [4.78, 5) is 37.7. The summed E-state index contributed by atoms with van der Waals surface area (Å²) >= 11 is 0. The third-order valence-corrected chi connectivity index (χ3v) is 6.16. The molecule has 0 aromatic carbocycles. The van der Waals surface area contributed by atoms with Gasteiger partial charge in [-0.25, -0.2) is 9.97 Å². The molecule has 11 heteroatoms. The van der Waals surface area contributed by atoms with E-state index >= 15 is 0 Å². The van der Waals surface area contributed by atoms with Crippen LogP contribution in [0.1, 0.15) is 15.9 Å². The van der Waals surface area contributed by atoms with Gasteiger partial charge in [0.15, 0.2) is 17.6 Å². The fourth-order valence-electron chi connectivity index (χ4n) is 4.31. The van der Waals surface area contributed by atoms with Gasteiger partial charge in [0.05, 0.1) is 17.6 Å². The summed E-state index contributed by atoms with van der Waals surface area (Å²) in [6.07, 6.45) is 4.78. The van der Waals surface area contributed by atoms with E-state index < -0.39 is 0 Å². The second-order valence-corrected chi connectivity index (χ2v) is 9.45. The van der Waals surface area contributed by atoms with Gasteiger partial charge in [0.2, 0.25) is 5.88 Å². The Morgan fingerprint density at radius 3 is 2.70 bits per heavy atom. The summed E-state index contributed by atoms with van der Waals surface area (Å²) < 4.78 is 7.81. The molecule has 1 aliphatic rings. The van der Waals surface area contributed by atoms with Crippen LogP contribution in [0.2, 0.25) is 0 Å². The standard InChI is InChI=1S/C26H27N9O2/c1-16-8-22(27-2)29-11-20(16)37-23-9-19(24-25(32-23)34(5)15-30-24)31-21-7-6-18(10-28-21)26(36)35-13-17(14-35)12-33(3)4/h6-11,15,17H,12-14H2,1,3-5H3,(H,28,31,32). The first-order valence-corrected chi connectivity index (χ1v) is 11.8. The number of likely N-dealkylation sites (tertiary alicyclic amines) is 1. The number of nitrogens with one attached hydrogen (secondary N) is 1. The SMILES string of the molecule is [C-]#[N+]c1cc(C)c(Oc2cc(Nc3ccc(C(=O)N4CC(CN(C)C)C4)cn3)c3ncn(C)c3n2)cn1. The number of carbonyl (C=O) groups excluding carboxylic acids is 1. The molecule has 5 heterocycles. The number of nitrogens with zero attached hydrogens (tertiary/aromatic N) is 8. The van der Waals surface area contributed by atoms with Crippen molar-refractivity contribution in [1.29, 1.82) is 0 Å². The minimum atomic E-state index is -0.00557. The van der Waals surface area contributed by atoms with Crippen molar-refractivity contribution in [2.24, 2.45) is 13.0 Å². The summed E-state index contributed by atoms with van der Waals surface area (Å²) in [6, 6.07) is 6.96. The summed E-state index contributed by atoms with van der Waals surface area (Å²) in [5.74, 6) is 2.23. The fourth-order valence-corrected chi connectivity index (χ4v) is 4.31. The van der Waals surface area contributed by atoms with Crippen LogP contribution in [-0.2, 0) is 7.05 Å². The molecule has 1 saturated heterocycles. The van der Waals surface area contributed by atoms with E-state index in [4.69, 9.17) is 11.3 Å². The summed E-state index contributed by atoms with van der Waals surface area (Å²) in [6.45, 7) is 11.5. The van der Waals surface area contributed by atoms with E-state index in [9.17, 15) is 4.79 Å². The third kappa shape index (κ3) is 5.05. The number of rotatable bonds is 7. The van der Waals surface area contributed by atoms with Crippen molar-refractivity contribution >= 4 is 34.4 Å². The first kappa shape index (κ1) is 24.1. The minimum absolute atomic E-state index is 0.00557. The number of amides is 1. The zero-order chi connectivity index (χ0) is 26.1. The van der Waals surface area contributed by atoms with E-state index in [0.29, 0.717) is 51.6 Å². The molecular formula is C26H27N9O2. The number of ether oxygens (including phenoxy) is 1. The molecule has 0 unspecified atom stereocenters. The fraction of sp³-hybridized carbons (Fsp3) is 0.308. The average Bonchev–Trinajstić information content (AvgIpc) is 3.23. The van der Waals surface area contributed by atoms with Crippen molar-refractivity contribution in [3.8, 4) is 11.6 Å². The highest BCUT2D eigenvalue weighted by Gasteiger charge is 2.31. The largest absolute Gasteiger partial charge is 0.435 e. The lowest BCUT2D eigenvalue weighted by Gasteiger charge is -2.40. The van der Waals surface area contributed by atoms with Gasteiger partial charge in [-0.05, 0) is 44.8 Å². The lowest BCUT2D eigenvalue weighted by atomic mass is 9.99. The Hall–Kier alpha value is -4.56.